The molecule has 0 spiro atoms. The van der Waals surface area contributed by atoms with Gasteiger partial charge in [-0.3, -0.25) is 9.59 Å². The molecular formula is C18H16BrFN2O5. The quantitative estimate of drug-likeness (QED) is 0.615. The number of benzene rings is 2. The lowest BCUT2D eigenvalue weighted by Crippen LogP contribution is -2.17. The van der Waals surface area contributed by atoms with E-state index in [1.807, 2.05) is 0 Å². The van der Waals surface area contributed by atoms with Crippen LogP contribution in [-0.4, -0.2) is 29.5 Å². The van der Waals surface area contributed by atoms with Crippen molar-refractivity contribution in [1.29, 1.82) is 0 Å². The Balaban J connectivity index is 2.20. The highest BCUT2D eigenvalue weighted by atomic mass is 79.9. The molecule has 3 N–H and O–H groups in total. The van der Waals surface area contributed by atoms with Crippen LogP contribution in [0.3, 0.4) is 0 Å². The second-order valence-corrected chi connectivity index (χ2v) is 6.45. The summed E-state index contributed by atoms with van der Waals surface area (Å²) in [5.41, 5.74) is 0.738. The van der Waals surface area contributed by atoms with Crippen molar-refractivity contribution in [2.75, 3.05) is 17.2 Å². The van der Waals surface area contributed by atoms with Gasteiger partial charge in [-0.2, -0.15) is 0 Å². The van der Waals surface area contributed by atoms with Crippen LogP contribution in [0, 0.1) is 5.82 Å². The Kier molecular flexibility index (Phi) is 6.89. The van der Waals surface area contributed by atoms with Gasteiger partial charge in [0.05, 0.1) is 12.1 Å². The molecule has 142 valence electrons. The molecule has 27 heavy (non-hydrogen) atoms. The average Bonchev–Trinajstić information content (AvgIpc) is 2.56. The van der Waals surface area contributed by atoms with E-state index in [1.54, 1.807) is 6.07 Å². The summed E-state index contributed by atoms with van der Waals surface area (Å²) in [5.74, 6) is -2.46. The molecule has 0 saturated carbocycles. The largest absolute Gasteiger partial charge is 0.480 e. The van der Waals surface area contributed by atoms with Gasteiger partial charge in [0.2, 0.25) is 11.8 Å². The Morgan fingerprint density at radius 2 is 1.89 bits per heavy atom. The molecule has 9 heteroatoms. The van der Waals surface area contributed by atoms with Crippen LogP contribution in [0.1, 0.15) is 12.5 Å². The highest BCUT2D eigenvalue weighted by molar-refractivity contribution is 9.10. The van der Waals surface area contributed by atoms with Gasteiger partial charge in [0, 0.05) is 17.1 Å². The minimum absolute atomic E-state index is 0.108. The van der Waals surface area contributed by atoms with E-state index in [4.69, 9.17) is 9.84 Å². The van der Waals surface area contributed by atoms with Crippen molar-refractivity contribution in [3.63, 3.8) is 0 Å². The summed E-state index contributed by atoms with van der Waals surface area (Å²) in [6, 6.07) is 8.70. The fraction of sp³-hybridized carbons (Fsp3) is 0.167. The molecule has 2 amide bonds. The van der Waals surface area contributed by atoms with Crippen LogP contribution in [0.15, 0.2) is 40.9 Å². The molecule has 0 unspecified atom stereocenters. The Morgan fingerprint density at radius 1 is 1.15 bits per heavy atom. The van der Waals surface area contributed by atoms with Crippen LogP contribution >= 0.6 is 15.9 Å². The predicted molar refractivity (Wildman–Crippen MR) is 100 cm³/mol. The third-order valence-corrected chi connectivity index (χ3v) is 3.78. The van der Waals surface area contributed by atoms with Gasteiger partial charge in [-0.05, 0) is 35.9 Å². The van der Waals surface area contributed by atoms with Gasteiger partial charge >= 0.3 is 5.97 Å². The highest BCUT2D eigenvalue weighted by Crippen LogP contribution is 2.28. The van der Waals surface area contributed by atoms with Gasteiger partial charge in [-0.25, -0.2) is 9.18 Å². The van der Waals surface area contributed by atoms with E-state index in [1.165, 1.54) is 37.3 Å². The molecule has 0 radical (unpaired) electrons. The number of halogens is 2. The first kappa shape index (κ1) is 20.4. The van der Waals surface area contributed by atoms with Crippen LogP contribution in [0.2, 0.25) is 0 Å². The Bertz CT molecular complexity index is 888. The lowest BCUT2D eigenvalue weighted by molar-refractivity contribution is -0.139. The number of anilines is 2. The van der Waals surface area contributed by atoms with E-state index >= 15 is 0 Å². The summed E-state index contributed by atoms with van der Waals surface area (Å²) in [6.45, 7) is 0.715. The molecule has 0 aliphatic rings. The number of nitrogens with one attached hydrogen (secondary N) is 2. The third-order valence-electron chi connectivity index (χ3n) is 3.29. The molecule has 0 aliphatic heterocycles. The summed E-state index contributed by atoms with van der Waals surface area (Å²) >= 11 is 3.14. The van der Waals surface area contributed by atoms with Crippen molar-refractivity contribution in [2.45, 2.75) is 13.3 Å². The molecule has 0 atom stereocenters. The monoisotopic (exact) mass is 438 g/mol. The number of carboxylic acids is 1. The van der Waals surface area contributed by atoms with E-state index < -0.39 is 24.3 Å². The number of ether oxygens (including phenoxy) is 1. The maximum atomic E-state index is 13.9. The van der Waals surface area contributed by atoms with Gasteiger partial charge in [-0.1, -0.05) is 22.0 Å². The molecule has 0 saturated heterocycles. The Morgan fingerprint density at radius 3 is 2.52 bits per heavy atom. The normalized spacial score (nSPS) is 10.2. The fourth-order valence-corrected chi connectivity index (χ4v) is 2.54. The number of hydrogen-bond donors (Lipinski definition) is 3. The Hall–Kier alpha value is -2.94. The molecule has 0 aliphatic carbocycles. The number of carbonyl (C=O) groups excluding carboxylic acids is 2. The zero-order valence-corrected chi connectivity index (χ0v) is 15.8. The lowest BCUT2D eigenvalue weighted by atomic mass is 10.1. The molecule has 0 aromatic heterocycles. The van der Waals surface area contributed by atoms with Gasteiger partial charge in [0.1, 0.15) is 11.6 Å². The Labute approximate surface area is 162 Å². The zero-order valence-electron chi connectivity index (χ0n) is 14.2. The summed E-state index contributed by atoms with van der Waals surface area (Å²) in [5, 5.41) is 13.9. The van der Waals surface area contributed by atoms with Crippen molar-refractivity contribution >= 4 is 45.1 Å². The smallest absolute Gasteiger partial charge is 0.341 e. The lowest BCUT2D eigenvalue weighted by Gasteiger charge is -2.14. The topological polar surface area (TPSA) is 105 Å². The minimum atomic E-state index is -1.19. The van der Waals surface area contributed by atoms with Gasteiger partial charge in [0.15, 0.2) is 6.61 Å². The molecule has 0 fully saturated rings. The van der Waals surface area contributed by atoms with Gasteiger partial charge in [-0.15, -0.1) is 0 Å². The van der Waals surface area contributed by atoms with Crippen molar-refractivity contribution < 1.29 is 28.6 Å². The molecule has 2 aromatic carbocycles. The third kappa shape index (κ3) is 6.37. The molecule has 2 aromatic rings. The fourth-order valence-electron chi connectivity index (χ4n) is 2.21. The number of rotatable bonds is 7. The number of hydrogen-bond acceptors (Lipinski definition) is 4. The summed E-state index contributed by atoms with van der Waals surface area (Å²) < 4.78 is 19.6. The SMILES string of the molecule is CC(=O)Nc1ccc(OCC(=O)O)c(NC(=O)Cc2ccc(Br)cc2F)c1. The maximum absolute atomic E-state index is 13.9. The average molecular weight is 439 g/mol. The molecule has 0 bridgehead atoms. The second kappa shape index (κ2) is 9.13. The van der Waals surface area contributed by atoms with Crippen LogP contribution < -0.4 is 15.4 Å². The second-order valence-electron chi connectivity index (χ2n) is 5.54. The molecular weight excluding hydrogens is 423 g/mol. The number of aliphatic carboxylic acids is 1. The molecule has 7 nitrogen and oxygen atoms in total. The summed E-state index contributed by atoms with van der Waals surface area (Å²) in [6.07, 6.45) is -0.234. The zero-order chi connectivity index (χ0) is 20.0. The number of carbonyl (C=O) groups is 3. The summed E-state index contributed by atoms with van der Waals surface area (Å²) in [4.78, 5) is 34.2. The first-order chi connectivity index (χ1) is 12.7. The summed E-state index contributed by atoms with van der Waals surface area (Å²) in [7, 11) is 0. The number of amides is 2. The van der Waals surface area contributed by atoms with E-state index in [0.717, 1.165) is 0 Å². The van der Waals surface area contributed by atoms with Crippen molar-refractivity contribution in [3.05, 3.63) is 52.3 Å². The van der Waals surface area contributed by atoms with Crippen LogP contribution in [-0.2, 0) is 20.8 Å². The van der Waals surface area contributed by atoms with Gasteiger partial charge < -0.3 is 20.5 Å². The van der Waals surface area contributed by atoms with Crippen LogP contribution in [0.5, 0.6) is 5.75 Å². The molecule has 0 heterocycles. The van der Waals surface area contributed by atoms with Crippen LogP contribution in [0.4, 0.5) is 15.8 Å². The van der Waals surface area contributed by atoms with Crippen molar-refractivity contribution in [3.8, 4) is 5.75 Å². The van der Waals surface area contributed by atoms with E-state index in [2.05, 4.69) is 26.6 Å². The maximum Gasteiger partial charge on any atom is 0.341 e. The first-order valence-corrected chi connectivity index (χ1v) is 8.54. The van der Waals surface area contributed by atoms with E-state index in [9.17, 15) is 18.8 Å². The van der Waals surface area contributed by atoms with E-state index in [0.29, 0.717) is 10.2 Å². The standard InChI is InChI=1S/C18H16BrFN2O5/c1-10(23)21-13-4-5-16(27-9-18(25)26)15(8-13)22-17(24)6-11-2-3-12(19)7-14(11)20/h2-5,7-8H,6,9H2,1H3,(H,21,23)(H,22,24)(H,25,26). The van der Waals surface area contributed by atoms with Crippen LogP contribution in [0.25, 0.3) is 0 Å². The number of carboxylic acid groups (broad SMARTS) is 1. The van der Waals surface area contributed by atoms with Gasteiger partial charge in [0.25, 0.3) is 0 Å². The predicted octanol–water partition coefficient (Wildman–Crippen LogP) is 3.19. The van der Waals surface area contributed by atoms with E-state index in [-0.39, 0.29) is 29.3 Å². The van der Waals surface area contributed by atoms with Crippen molar-refractivity contribution in [2.24, 2.45) is 0 Å². The first-order valence-electron chi connectivity index (χ1n) is 7.74. The highest BCUT2D eigenvalue weighted by Gasteiger charge is 2.14. The molecule has 2 rings (SSSR count). The minimum Gasteiger partial charge on any atom is -0.480 e. The van der Waals surface area contributed by atoms with Crippen molar-refractivity contribution in [1.82, 2.24) is 0 Å².